The maximum atomic E-state index is 12.1. The van der Waals surface area contributed by atoms with Crippen LogP contribution in [-0.4, -0.2) is 45.6 Å². The Morgan fingerprint density at radius 1 is 0.914 bits per heavy atom. The predicted octanol–water partition coefficient (Wildman–Crippen LogP) is 3.26. The van der Waals surface area contributed by atoms with Crippen molar-refractivity contribution in [1.82, 2.24) is 0 Å². The molecule has 3 aromatic rings. The van der Waals surface area contributed by atoms with Gasteiger partial charge in [0.05, 0.1) is 10.5 Å². The summed E-state index contributed by atoms with van der Waals surface area (Å²) >= 11 is 0. The van der Waals surface area contributed by atoms with Crippen LogP contribution < -0.4 is 10.6 Å². The standard InChI is InChI=1S/C25H23N3O7/c26-23(29)22(25(32)33)27(20-12-11-18(24(30)31)15-21(20)28(34)35)14-13-19(16-7-3-1-4-8-16)17-9-5-2-6-10-17/h1-12,15,19,22H,13-14H2,(H2,26,29)(H,30,31)(H,32,33). The molecular formula is C25H23N3O7. The van der Waals surface area contributed by atoms with Gasteiger partial charge in [-0.15, -0.1) is 0 Å². The third kappa shape index (κ3) is 5.80. The number of carbonyl (C=O) groups is 3. The van der Waals surface area contributed by atoms with Crippen molar-refractivity contribution in [3.63, 3.8) is 0 Å². The molecule has 35 heavy (non-hydrogen) atoms. The molecule has 4 N–H and O–H groups in total. The van der Waals surface area contributed by atoms with Crippen molar-refractivity contribution in [2.24, 2.45) is 5.73 Å². The van der Waals surface area contributed by atoms with Crippen molar-refractivity contribution in [2.45, 2.75) is 18.4 Å². The highest BCUT2D eigenvalue weighted by Crippen LogP contribution is 2.34. The van der Waals surface area contributed by atoms with E-state index in [9.17, 15) is 34.7 Å². The van der Waals surface area contributed by atoms with Gasteiger partial charge in [-0.25, -0.2) is 9.59 Å². The second kappa shape index (κ2) is 10.9. The van der Waals surface area contributed by atoms with E-state index < -0.39 is 34.5 Å². The normalized spacial score (nSPS) is 11.6. The minimum absolute atomic E-state index is 0.0956. The lowest BCUT2D eigenvalue weighted by Crippen LogP contribution is -2.51. The molecule has 0 heterocycles. The van der Waals surface area contributed by atoms with Crippen LogP contribution in [0.25, 0.3) is 0 Å². The summed E-state index contributed by atoms with van der Waals surface area (Å²) in [5, 5.41) is 30.7. The maximum Gasteiger partial charge on any atom is 0.336 e. The van der Waals surface area contributed by atoms with Crippen LogP contribution in [0.1, 0.15) is 33.8 Å². The van der Waals surface area contributed by atoms with Gasteiger partial charge >= 0.3 is 11.9 Å². The van der Waals surface area contributed by atoms with Gasteiger partial charge in [0.1, 0.15) is 5.69 Å². The zero-order valence-electron chi connectivity index (χ0n) is 18.5. The van der Waals surface area contributed by atoms with E-state index in [1.165, 1.54) is 0 Å². The zero-order valence-corrected chi connectivity index (χ0v) is 18.5. The van der Waals surface area contributed by atoms with Crippen LogP contribution in [0.2, 0.25) is 0 Å². The number of anilines is 1. The van der Waals surface area contributed by atoms with E-state index in [4.69, 9.17) is 5.73 Å². The summed E-state index contributed by atoms with van der Waals surface area (Å²) in [5.74, 6) is -4.39. The monoisotopic (exact) mass is 477 g/mol. The lowest BCUT2D eigenvalue weighted by atomic mass is 9.88. The molecule has 3 rings (SSSR count). The molecule has 0 bridgehead atoms. The number of primary amides is 1. The fourth-order valence-corrected chi connectivity index (χ4v) is 4.01. The summed E-state index contributed by atoms with van der Waals surface area (Å²) < 4.78 is 0. The molecule has 10 nitrogen and oxygen atoms in total. The summed E-state index contributed by atoms with van der Waals surface area (Å²) in [6.07, 6.45) is 0.281. The van der Waals surface area contributed by atoms with Crippen molar-refractivity contribution >= 4 is 29.2 Å². The number of nitrogens with two attached hydrogens (primary N) is 1. The molecule has 0 radical (unpaired) electrons. The Kier molecular flexibility index (Phi) is 7.77. The van der Waals surface area contributed by atoms with Crippen molar-refractivity contribution < 1.29 is 29.5 Å². The van der Waals surface area contributed by atoms with Crippen LogP contribution in [-0.2, 0) is 9.59 Å². The first-order valence-electron chi connectivity index (χ1n) is 10.6. The van der Waals surface area contributed by atoms with E-state index in [2.05, 4.69) is 0 Å². The molecule has 0 aliphatic rings. The van der Waals surface area contributed by atoms with E-state index in [1.807, 2.05) is 60.7 Å². The molecule has 0 aliphatic carbocycles. The van der Waals surface area contributed by atoms with Gasteiger partial charge < -0.3 is 20.8 Å². The molecule has 0 saturated heterocycles. The minimum Gasteiger partial charge on any atom is -0.479 e. The fraction of sp³-hybridized carbons (Fsp3) is 0.160. The van der Waals surface area contributed by atoms with Gasteiger partial charge in [-0.1, -0.05) is 60.7 Å². The SMILES string of the molecule is NC(=O)C(C(=O)O)N(CCC(c1ccccc1)c1ccccc1)c1ccc(C(=O)O)cc1[N+](=O)[O-]. The van der Waals surface area contributed by atoms with Crippen molar-refractivity contribution in [2.75, 3.05) is 11.4 Å². The molecule has 0 aromatic heterocycles. The molecule has 1 atom stereocenters. The second-order valence-electron chi connectivity index (χ2n) is 7.76. The van der Waals surface area contributed by atoms with Crippen LogP contribution in [0.4, 0.5) is 11.4 Å². The fourth-order valence-electron chi connectivity index (χ4n) is 4.01. The molecule has 1 amide bonds. The predicted molar refractivity (Wildman–Crippen MR) is 127 cm³/mol. The number of nitrogens with zero attached hydrogens (tertiary/aromatic N) is 2. The van der Waals surface area contributed by atoms with Gasteiger partial charge in [0.15, 0.2) is 0 Å². The molecule has 0 spiro atoms. The molecule has 10 heteroatoms. The topological polar surface area (TPSA) is 164 Å². The van der Waals surface area contributed by atoms with E-state index in [0.717, 1.165) is 34.2 Å². The summed E-state index contributed by atoms with van der Waals surface area (Å²) in [5.41, 5.74) is 6.03. The lowest BCUT2D eigenvalue weighted by Gasteiger charge is -2.30. The van der Waals surface area contributed by atoms with Crippen LogP contribution in [0.5, 0.6) is 0 Å². The van der Waals surface area contributed by atoms with Crippen LogP contribution in [0, 0.1) is 10.1 Å². The van der Waals surface area contributed by atoms with Crippen molar-refractivity contribution in [3.8, 4) is 0 Å². The number of carboxylic acids is 2. The number of amides is 1. The number of carboxylic acid groups (broad SMARTS) is 2. The smallest absolute Gasteiger partial charge is 0.336 e. The number of hydrogen-bond donors (Lipinski definition) is 3. The first-order chi connectivity index (χ1) is 16.7. The first-order valence-corrected chi connectivity index (χ1v) is 10.6. The molecule has 180 valence electrons. The Balaban J connectivity index is 2.09. The van der Waals surface area contributed by atoms with E-state index in [1.54, 1.807) is 0 Å². The van der Waals surface area contributed by atoms with E-state index in [0.29, 0.717) is 0 Å². The van der Waals surface area contributed by atoms with Crippen molar-refractivity contribution in [3.05, 3.63) is 106 Å². The average Bonchev–Trinajstić information content (AvgIpc) is 2.83. The van der Waals surface area contributed by atoms with Gasteiger partial charge in [-0.2, -0.15) is 0 Å². The Hall–Kier alpha value is -4.73. The molecule has 0 fully saturated rings. The third-order valence-electron chi connectivity index (χ3n) is 5.61. The summed E-state index contributed by atoms with van der Waals surface area (Å²) in [6, 6.07) is 20.0. The van der Waals surface area contributed by atoms with E-state index >= 15 is 0 Å². The molecule has 0 saturated carbocycles. The van der Waals surface area contributed by atoms with Crippen LogP contribution in [0.15, 0.2) is 78.9 Å². The Morgan fingerprint density at radius 3 is 1.89 bits per heavy atom. The van der Waals surface area contributed by atoms with Crippen LogP contribution in [0.3, 0.4) is 0 Å². The quantitative estimate of drug-likeness (QED) is 0.215. The number of hydrogen-bond acceptors (Lipinski definition) is 6. The molecule has 1 unspecified atom stereocenters. The number of carbonyl (C=O) groups excluding carboxylic acids is 1. The summed E-state index contributed by atoms with van der Waals surface area (Å²) in [6.45, 7) is -0.0956. The van der Waals surface area contributed by atoms with Gasteiger partial charge in [0, 0.05) is 18.5 Å². The lowest BCUT2D eigenvalue weighted by molar-refractivity contribution is -0.384. The molecule has 3 aromatic carbocycles. The van der Waals surface area contributed by atoms with Gasteiger partial charge in [-0.3, -0.25) is 14.9 Å². The highest BCUT2D eigenvalue weighted by atomic mass is 16.6. The molecule has 0 aliphatic heterocycles. The van der Waals surface area contributed by atoms with Gasteiger partial charge in [-0.05, 0) is 29.7 Å². The minimum atomic E-state index is -1.91. The Labute approximate surface area is 200 Å². The highest BCUT2D eigenvalue weighted by molar-refractivity contribution is 6.04. The number of nitro benzene ring substituents is 1. The Morgan fingerprint density at radius 2 is 1.46 bits per heavy atom. The van der Waals surface area contributed by atoms with Crippen molar-refractivity contribution in [1.29, 1.82) is 0 Å². The largest absolute Gasteiger partial charge is 0.479 e. The maximum absolute atomic E-state index is 12.1. The number of aromatic carboxylic acids is 1. The number of rotatable bonds is 11. The second-order valence-corrected chi connectivity index (χ2v) is 7.76. The average molecular weight is 477 g/mol. The van der Waals surface area contributed by atoms with Gasteiger partial charge in [0.2, 0.25) is 6.04 Å². The van der Waals surface area contributed by atoms with Crippen LogP contribution >= 0.6 is 0 Å². The highest BCUT2D eigenvalue weighted by Gasteiger charge is 2.35. The number of nitro groups is 1. The summed E-state index contributed by atoms with van der Waals surface area (Å²) in [7, 11) is 0. The number of aliphatic carboxylic acids is 1. The zero-order chi connectivity index (χ0) is 25.5. The third-order valence-corrected chi connectivity index (χ3v) is 5.61. The number of benzene rings is 3. The first kappa shape index (κ1) is 24.9. The Bertz CT molecular complexity index is 1180. The van der Waals surface area contributed by atoms with E-state index in [-0.39, 0.29) is 30.1 Å². The summed E-state index contributed by atoms with van der Waals surface area (Å²) in [4.78, 5) is 47.5. The van der Waals surface area contributed by atoms with Gasteiger partial charge in [0.25, 0.3) is 11.6 Å². The molecular weight excluding hydrogens is 454 g/mol.